The third kappa shape index (κ3) is 90.6. The summed E-state index contributed by atoms with van der Waals surface area (Å²) in [6, 6.07) is 0. The molecule has 0 aromatic carbocycles. The van der Waals surface area contributed by atoms with Crippen molar-refractivity contribution in [3.63, 3.8) is 0 Å². The molecule has 2 radical (unpaired) electrons. The molecule has 0 saturated heterocycles. The van der Waals surface area contributed by atoms with Gasteiger partial charge in [0.05, 0.1) is 0 Å². The summed E-state index contributed by atoms with van der Waals surface area (Å²) in [5.41, 5.74) is 0. The van der Waals surface area contributed by atoms with Gasteiger partial charge in [0.25, 0.3) is 5.97 Å². The molecular weight excluding hydrogens is 160 g/mol. The van der Waals surface area contributed by atoms with Crippen LogP contribution in [0.15, 0.2) is 0 Å². The Bertz CT molecular complexity index is 31.8. The molecule has 6 heavy (non-hydrogen) atoms. The zero-order chi connectivity index (χ0) is 3.58. The quantitative estimate of drug-likeness (QED) is 0.463. The van der Waals surface area contributed by atoms with Crippen molar-refractivity contribution in [3.05, 3.63) is 0 Å². The molecule has 0 aliphatic carbocycles. The normalized spacial score (nSPS) is 4.17. The van der Waals surface area contributed by atoms with Gasteiger partial charge in [0.2, 0.25) is 0 Å². The van der Waals surface area contributed by atoms with Gasteiger partial charge < -0.3 is 10.6 Å². The predicted octanol–water partition coefficient (Wildman–Crippen LogP) is -1.11. The van der Waals surface area contributed by atoms with Crippen LogP contribution in [0.5, 0.6) is 0 Å². The number of carboxylic acids is 1. The first-order valence-corrected chi connectivity index (χ1v) is 0.928. The Balaban J connectivity index is -0.0000000450. The molecule has 0 aromatic rings. The zero-order valence-corrected chi connectivity index (χ0v) is 7.04. The van der Waals surface area contributed by atoms with Crippen LogP contribution in [0, 0.1) is 0 Å². The van der Waals surface area contributed by atoms with Crippen LogP contribution < -0.4 is 0 Å². The fraction of sp³-hybridized carbons (Fsp3) is 0.500. The van der Waals surface area contributed by atoms with Crippen LogP contribution in [0.2, 0.25) is 0 Å². The van der Waals surface area contributed by atoms with E-state index in [9.17, 15) is 0 Å². The van der Waals surface area contributed by atoms with Gasteiger partial charge in [-0.1, -0.05) is 0 Å². The summed E-state index contributed by atoms with van der Waals surface area (Å²) in [6.07, 6.45) is 0. The van der Waals surface area contributed by atoms with Crippen LogP contribution in [0.3, 0.4) is 0 Å². The Morgan fingerprint density at radius 3 is 1.67 bits per heavy atom. The molecule has 34 valence electrons. The van der Waals surface area contributed by atoms with Crippen LogP contribution in [0.25, 0.3) is 0 Å². The van der Waals surface area contributed by atoms with Crippen molar-refractivity contribution in [3.8, 4) is 0 Å². The fourth-order valence-electron chi connectivity index (χ4n) is 0. The van der Waals surface area contributed by atoms with Crippen LogP contribution >= 0.6 is 0 Å². The van der Waals surface area contributed by atoms with Crippen molar-refractivity contribution >= 4 is 51.5 Å². The fourth-order valence-corrected chi connectivity index (χ4v) is 0. The first kappa shape index (κ1) is 15.8. The van der Waals surface area contributed by atoms with E-state index in [4.69, 9.17) is 9.90 Å². The maximum absolute atomic E-state index is 9.00. The summed E-state index contributed by atoms with van der Waals surface area (Å²) >= 11 is 0. The third-order valence-electron chi connectivity index (χ3n) is 0. The number of hydrogen-bond acceptors (Lipinski definition) is 1. The second kappa shape index (κ2) is 9.32. The molecule has 0 fully saturated rings. The van der Waals surface area contributed by atoms with E-state index in [-0.39, 0.29) is 51.0 Å². The monoisotopic (exact) mass is 166 g/mol. The molecule has 3 nitrogen and oxygen atoms in total. The zero-order valence-electron chi connectivity index (χ0n) is 3.56. The molecular formula is C2H6O3Sr. The topological polar surface area (TPSA) is 68.8 Å². The molecule has 0 spiro atoms. The largest absolute Gasteiger partial charge is 0.481 e. The number of aliphatic carboxylic acids is 1. The maximum atomic E-state index is 9.00. The van der Waals surface area contributed by atoms with Gasteiger partial charge >= 0.3 is 0 Å². The van der Waals surface area contributed by atoms with Gasteiger partial charge in [0.1, 0.15) is 0 Å². The van der Waals surface area contributed by atoms with E-state index in [1.807, 2.05) is 0 Å². The average molecular weight is 166 g/mol. The van der Waals surface area contributed by atoms with Crippen molar-refractivity contribution < 1.29 is 15.4 Å². The smallest absolute Gasteiger partial charge is 0.300 e. The molecule has 0 rings (SSSR count). The van der Waals surface area contributed by atoms with Crippen molar-refractivity contribution in [2.75, 3.05) is 0 Å². The molecule has 0 atom stereocenters. The minimum absolute atomic E-state index is 0. The predicted molar refractivity (Wildman–Crippen MR) is 22.7 cm³/mol. The van der Waals surface area contributed by atoms with E-state index >= 15 is 0 Å². The summed E-state index contributed by atoms with van der Waals surface area (Å²) in [6.45, 7) is 1.08. The van der Waals surface area contributed by atoms with Crippen molar-refractivity contribution in [1.82, 2.24) is 0 Å². The van der Waals surface area contributed by atoms with Gasteiger partial charge in [-0.3, -0.25) is 4.79 Å². The summed E-state index contributed by atoms with van der Waals surface area (Å²) in [7, 11) is 0. The molecule has 0 unspecified atom stereocenters. The molecule has 0 aliphatic rings. The summed E-state index contributed by atoms with van der Waals surface area (Å²) < 4.78 is 0. The Labute approximate surface area is 72.9 Å². The maximum Gasteiger partial charge on any atom is 0.300 e. The van der Waals surface area contributed by atoms with Crippen LogP contribution in [-0.2, 0) is 4.79 Å². The Hall–Kier alpha value is 0.911. The summed E-state index contributed by atoms with van der Waals surface area (Å²) in [4.78, 5) is 9.00. The number of carboxylic acid groups (broad SMARTS) is 1. The Kier molecular flexibility index (Phi) is 24.5. The van der Waals surface area contributed by atoms with E-state index < -0.39 is 5.97 Å². The van der Waals surface area contributed by atoms with E-state index in [0.717, 1.165) is 6.92 Å². The van der Waals surface area contributed by atoms with Crippen LogP contribution in [-0.4, -0.2) is 62.0 Å². The van der Waals surface area contributed by atoms with Crippen molar-refractivity contribution in [2.24, 2.45) is 0 Å². The SMILES string of the molecule is CC(=O)O.O.[Sr]. The van der Waals surface area contributed by atoms with Gasteiger partial charge in [-0.05, 0) is 0 Å². The second-order valence-electron chi connectivity index (χ2n) is 0.519. The molecule has 0 aromatic heterocycles. The van der Waals surface area contributed by atoms with Crippen molar-refractivity contribution in [1.29, 1.82) is 0 Å². The van der Waals surface area contributed by atoms with E-state index in [1.54, 1.807) is 0 Å². The minimum Gasteiger partial charge on any atom is -0.481 e. The number of carbonyl (C=O) groups is 1. The molecule has 0 bridgehead atoms. The molecule has 0 amide bonds. The standard InChI is InChI=1S/C2H4O2.H2O.Sr/c1-2(3)4;;/h1H3,(H,3,4);1H2;. The average Bonchev–Trinajstić information content (AvgIpc) is 0.811. The molecule has 0 aliphatic heterocycles. The van der Waals surface area contributed by atoms with Gasteiger partial charge in [-0.2, -0.15) is 0 Å². The molecule has 3 N–H and O–H groups in total. The first-order valence-electron chi connectivity index (χ1n) is 0.928. The van der Waals surface area contributed by atoms with Gasteiger partial charge in [0.15, 0.2) is 0 Å². The number of hydrogen-bond donors (Lipinski definition) is 1. The van der Waals surface area contributed by atoms with Gasteiger partial charge in [0, 0.05) is 52.4 Å². The van der Waals surface area contributed by atoms with Crippen molar-refractivity contribution in [2.45, 2.75) is 6.92 Å². The molecule has 0 heterocycles. The van der Waals surface area contributed by atoms with Crippen LogP contribution in [0.4, 0.5) is 0 Å². The third-order valence-corrected chi connectivity index (χ3v) is 0. The second-order valence-corrected chi connectivity index (χ2v) is 0.519. The van der Waals surface area contributed by atoms with Gasteiger partial charge in [-0.15, -0.1) is 0 Å². The minimum atomic E-state index is -0.833. The van der Waals surface area contributed by atoms with E-state index in [2.05, 4.69) is 0 Å². The van der Waals surface area contributed by atoms with Gasteiger partial charge in [-0.25, -0.2) is 0 Å². The number of rotatable bonds is 0. The van der Waals surface area contributed by atoms with E-state index in [1.165, 1.54) is 0 Å². The Morgan fingerprint density at radius 2 is 1.67 bits per heavy atom. The Morgan fingerprint density at radius 1 is 1.67 bits per heavy atom. The first-order chi connectivity index (χ1) is 1.73. The van der Waals surface area contributed by atoms with Crippen LogP contribution in [0.1, 0.15) is 6.92 Å². The molecule has 4 heteroatoms. The molecule has 0 saturated carbocycles. The van der Waals surface area contributed by atoms with E-state index in [0.29, 0.717) is 0 Å². The summed E-state index contributed by atoms with van der Waals surface area (Å²) in [5.74, 6) is -0.833. The summed E-state index contributed by atoms with van der Waals surface area (Å²) in [5, 5.41) is 7.42.